The Morgan fingerprint density at radius 3 is 1.05 bits per heavy atom. The van der Waals surface area contributed by atoms with E-state index >= 15 is 0 Å². The van der Waals surface area contributed by atoms with Crippen LogP contribution < -0.4 is 25.3 Å². The van der Waals surface area contributed by atoms with Crippen molar-refractivity contribution in [1.29, 1.82) is 0 Å². The van der Waals surface area contributed by atoms with Crippen LogP contribution in [-0.4, -0.2) is 54.4 Å². The van der Waals surface area contributed by atoms with Crippen molar-refractivity contribution < 1.29 is 14.2 Å². The van der Waals surface area contributed by atoms with Crippen LogP contribution in [0.4, 0.5) is 5.69 Å². The van der Waals surface area contributed by atoms with Crippen LogP contribution in [0.15, 0.2) is 121 Å². The van der Waals surface area contributed by atoms with Crippen LogP contribution in [0, 0.1) is 0 Å². The molecule has 9 rings (SSSR count). The number of methoxy groups -OCH3 is 3. The van der Waals surface area contributed by atoms with Crippen molar-refractivity contribution in [1.82, 2.24) is 19.9 Å². The fourth-order valence-corrected chi connectivity index (χ4v) is 7.95. The summed E-state index contributed by atoms with van der Waals surface area (Å²) in [6, 6.07) is 41.5. The van der Waals surface area contributed by atoms with Crippen LogP contribution in [0.1, 0.15) is 35.6 Å². The van der Waals surface area contributed by atoms with E-state index in [2.05, 4.69) is 125 Å². The molecule has 0 spiro atoms. The average Bonchev–Trinajstić information content (AvgIpc) is 4.15. The van der Waals surface area contributed by atoms with Crippen molar-refractivity contribution in [2.75, 3.05) is 39.7 Å². The van der Waals surface area contributed by atoms with Gasteiger partial charge in [0.1, 0.15) is 17.2 Å². The number of unbranched alkanes of at least 4 members (excludes halogenated alkanes) is 1. The summed E-state index contributed by atoms with van der Waals surface area (Å²) in [5.74, 6) is 2.35. The molecule has 2 aliphatic rings. The number of benzene rings is 4. The van der Waals surface area contributed by atoms with Crippen LogP contribution in [0.5, 0.6) is 17.2 Å². The van der Waals surface area contributed by atoms with Crippen molar-refractivity contribution in [3.05, 3.63) is 144 Å². The first-order valence-corrected chi connectivity index (χ1v) is 20.2. The summed E-state index contributed by atoms with van der Waals surface area (Å²) in [7, 11) is 5.05. The highest BCUT2D eigenvalue weighted by Crippen LogP contribution is 2.39. The van der Waals surface area contributed by atoms with Gasteiger partial charge in [-0.1, -0.05) is 48.5 Å². The minimum Gasteiger partial charge on any atom is -0.497 e. The molecule has 0 saturated carbocycles. The number of nitrogens with zero attached hydrogens (tertiary/aromatic N) is 2. The molecule has 298 valence electrons. The number of aromatic amines is 2. The number of aromatic nitrogens is 4. The highest BCUT2D eigenvalue weighted by atomic mass is 16.5. The summed E-state index contributed by atoms with van der Waals surface area (Å²) in [5, 5.41) is 3.54. The van der Waals surface area contributed by atoms with E-state index in [0.717, 1.165) is 132 Å². The molecule has 0 unspecified atom stereocenters. The Bertz CT molecular complexity index is 2840. The summed E-state index contributed by atoms with van der Waals surface area (Å²) in [4.78, 5) is 18.5. The number of ether oxygens (including phenoxy) is 3. The number of fused-ring (bicyclic) bond motifs is 8. The van der Waals surface area contributed by atoms with Gasteiger partial charge in [-0.05, 0) is 139 Å². The summed E-state index contributed by atoms with van der Waals surface area (Å²) >= 11 is 0. The maximum atomic E-state index is 5.74. The van der Waals surface area contributed by atoms with Gasteiger partial charge in [-0.15, -0.1) is 0 Å². The van der Waals surface area contributed by atoms with Crippen molar-refractivity contribution in [3.63, 3.8) is 0 Å². The predicted octanol–water partition coefficient (Wildman–Crippen LogP) is 11.5. The SMILES string of the molecule is COc1ccc(-c2c3nc(c(-c4ccc(OC)cc4)c4ccc([nH]4)c(-c4ccc(OC)cc4)c4nc(c(-c5ccc(NCCCCN)cc5)c5ccc2[nH]5)C=C4)C=C3)cc1. The number of anilines is 1. The zero-order valence-electron chi connectivity index (χ0n) is 33.9. The molecule has 0 atom stereocenters. The Kier molecular flexibility index (Phi) is 10.7. The van der Waals surface area contributed by atoms with E-state index in [1.807, 2.05) is 36.4 Å². The van der Waals surface area contributed by atoms with Crippen LogP contribution >= 0.6 is 0 Å². The molecule has 5 N–H and O–H groups in total. The van der Waals surface area contributed by atoms with E-state index < -0.39 is 0 Å². The molecule has 9 nitrogen and oxygen atoms in total. The largest absolute Gasteiger partial charge is 0.497 e. The highest BCUT2D eigenvalue weighted by Gasteiger charge is 2.19. The third-order valence-electron chi connectivity index (χ3n) is 11.0. The molecule has 7 aromatic rings. The third kappa shape index (κ3) is 7.54. The van der Waals surface area contributed by atoms with Crippen LogP contribution in [0.2, 0.25) is 0 Å². The standard InChI is InChI=1S/C51H46N6O3/c1-58-37-16-8-33(9-17-37)49-42-24-22-40(54-42)48(32-6-14-36(15-7-32)53-31-5-4-30-52)41-23-25-43(55-41)50(34-10-18-38(59-2)19-11-34)45-27-29-47(57-45)51(46-28-26-44(49)56-46)35-12-20-39(60-3)21-13-35/h6-29,53-54,57H,4-5,30-31,52H2,1-3H3. The minimum atomic E-state index is 0.693. The first-order valence-electron chi connectivity index (χ1n) is 20.2. The van der Waals surface area contributed by atoms with Gasteiger partial charge < -0.3 is 35.2 Å². The number of H-pyrrole nitrogens is 2. The lowest BCUT2D eigenvalue weighted by atomic mass is 10.0. The van der Waals surface area contributed by atoms with Gasteiger partial charge in [0.25, 0.3) is 0 Å². The number of rotatable bonds is 12. The molecule has 5 heterocycles. The summed E-state index contributed by atoms with van der Waals surface area (Å²) in [6.07, 6.45) is 10.4. The summed E-state index contributed by atoms with van der Waals surface area (Å²) < 4.78 is 16.7. The molecular weight excluding hydrogens is 745 g/mol. The van der Waals surface area contributed by atoms with E-state index in [1.54, 1.807) is 21.3 Å². The molecule has 0 radical (unpaired) electrons. The van der Waals surface area contributed by atoms with Gasteiger partial charge in [-0.3, -0.25) is 0 Å². The quantitative estimate of drug-likeness (QED) is 0.0909. The van der Waals surface area contributed by atoms with Gasteiger partial charge in [-0.2, -0.15) is 0 Å². The molecular formula is C51H46N6O3. The highest BCUT2D eigenvalue weighted by molar-refractivity contribution is 6.00. The lowest BCUT2D eigenvalue weighted by Crippen LogP contribution is -2.05. The number of nitrogens with two attached hydrogens (primary N) is 1. The Morgan fingerprint density at radius 1 is 0.433 bits per heavy atom. The lowest BCUT2D eigenvalue weighted by molar-refractivity contribution is 0.415. The lowest BCUT2D eigenvalue weighted by Gasteiger charge is -2.09. The Labute approximate surface area is 349 Å². The Balaban J connectivity index is 1.37. The Hall–Kier alpha value is -7.36. The molecule has 0 fully saturated rings. The van der Waals surface area contributed by atoms with E-state index in [4.69, 9.17) is 29.9 Å². The Morgan fingerprint density at radius 2 is 0.750 bits per heavy atom. The van der Waals surface area contributed by atoms with E-state index in [0.29, 0.717) is 6.54 Å². The van der Waals surface area contributed by atoms with Crippen molar-refractivity contribution in [3.8, 4) is 61.8 Å². The second-order valence-corrected chi connectivity index (χ2v) is 14.7. The molecule has 3 aromatic heterocycles. The molecule has 0 amide bonds. The van der Waals surface area contributed by atoms with Gasteiger partial charge in [-0.25, -0.2) is 9.97 Å². The summed E-state index contributed by atoms with van der Waals surface area (Å²) in [5.41, 5.74) is 21.7. The number of hydrogen-bond acceptors (Lipinski definition) is 7. The van der Waals surface area contributed by atoms with Gasteiger partial charge in [0.05, 0.1) is 44.1 Å². The maximum absolute atomic E-state index is 5.74. The second-order valence-electron chi connectivity index (χ2n) is 14.7. The predicted molar refractivity (Wildman–Crippen MR) is 247 cm³/mol. The maximum Gasteiger partial charge on any atom is 0.118 e. The third-order valence-corrected chi connectivity index (χ3v) is 11.0. The molecule has 2 aliphatic heterocycles. The van der Waals surface area contributed by atoms with Gasteiger partial charge in [0.15, 0.2) is 0 Å². The second kappa shape index (κ2) is 16.9. The monoisotopic (exact) mass is 790 g/mol. The first kappa shape index (κ1) is 38.2. The van der Waals surface area contributed by atoms with Gasteiger partial charge in [0.2, 0.25) is 0 Å². The normalized spacial score (nSPS) is 11.8. The number of nitrogens with one attached hydrogen (secondary N) is 3. The van der Waals surface area contributed by atoms with Crippen molar-refractivity contribution >= 4 is 52.1 Å². The summed E-state index contributed by atoms with van der Waals surface area (Å²) in [6.45, 7) is 1.56. The molecule has 60 heavy (non-hydrogen) atoms. The van der Waals surface area contributed by atoms with Crippen LogP contribution in [0.25, 0.3) is 90.9 Å². The fourth-order valence-electron chi connectivity index (χ4n) is 7.95. The van der Waals surface area contributed by atoms with Gasteiger partial charge in [0, 0.05) is 56.6 Å². The van der Waals surface area contributed by atoms with E-state index in [1.165, 1.54) is 0 Å². The van der Waals surface area contributed by atoms with Crippen LogP contribution in [-0.2, 0) is 0 Å². The van der Waals surface area contributed by atoms with E-state index in [9.17, 15) is 0 Å². The zero-order chi connectivity index (χ0) is 41.0. The van der Waals surface area contributed by atoms with Crippen molar-refractivity contribution in [2.24, 2.45) is 5.73 Å². The number of hydrogen-bond donors (Lipinski definition) is 4. The smallest absolute Gasteiger partial charge is 0.118 e. The zero-order valence-corrected chi connectivity index (χ0v) is 33.9. The molecule has 9 heteroatoms. The molecule has 0 aliphatic carbocycles. The van der Waals surface area contributed by atoms with E-state index in [-0.39, 0.29) is 0 Å². The molecule has 0 saturated heterocycles. The average molecular weight is 791 g/mol. The molecule has 8 bridgehead atoms. The molecule has 4 aromatic carbocycles. The minimum absolute atomic E-state index is 0.693. The fraction of sp³-hybridized carbons (Fsp3) is 0.137. The topological polar surface area (TPSA) is 123 Å². The van der Waals surface area contributed by atoms with Crippen molar-refractivity contribution in [2.45, 2.75) is 12.8 Å². The van der Waals surface area contributed by atoms with Crippen LogP contribution in [0.3, 0.4) is 0 Å². The van der Waals surface area contributed by atoms with Gasteiger partial charge >= 0.3 is 0 Å². The first-order chi connectivity index (χ1) is 29.5.